The van der Waals surface area contributed by atoms with Crippen molar-refractivity contribution in [3.63, 3.8) is 0 Å². The molecular weight excluding hydrogens is 376 g/mol. The average molecular weight is 398 g/mol. The third-order valence-corrected chi connectivity index (χ3v) is 5.41. The predicted octanol–water partition coefficient (Wildman–Crippen LogP) is 2.44. The molecule has 2 aromatic carbocycles. The van der Waals surface area contributed by atoms with E-state index in [4.69, 9.17) is 16.0 Å². The third kappa shape index (κ3) is 3.11. The maximum absolute atomic E-state index is 13.3. The number of fused-ring (bicyclic) bond motifs is 2. The van der Waals surface area contributed by atoms with Crippen molar-refractivity contribution in [1.82, 2.24) is 4.90 Å². The summed E-state index contributed by atoms with van der Waals surface area (Å²) in [6, 6.07) is 12.4. The predicted molar refractivity (Wildman–Crippen MR) is 109 cm³/mol. The lowest BCUT2D eigenvalue weighted by molar-refractivity contribution is -0.857. The Labute approximate surface area is 168 Å². The van der Waals surface area contributed by atoms with E-state index in [-0.39, 0.29) is 17.1 Å². The van der Waals surface area contributed by atoms with E-state index in [0.29, 0.717) is 28.1 Å². The van der Waals surface area contributed by atoms with Crippen LogP contribution in [0, 0.1) is 6.92 Å². The first kappa shape index (κ1) is 18.7. The van der Waals surface area contributed by atoms with Gasteiger partial charge in [-0.25, -0.2) is 0 Å². The molecule has 0 fully saturated rings. The Morgan fingerprint density at radius 2 is 1.82 bits per heavy atom. The van der Waals surface area contributed by atoms with Gasteiger partial charge in [-0.2, -0.15) is 0 Å². The molecule has 4 rings (SSSR count). The molecular formula is C22H22ClN2O3+. The summed E-state index contributed by atoms with van der Waals surface area (Å²) in [4.78, 5) is 29.5. The van der Waals surface area contributed by atoms with Gasteiger partial charge in [0.05, 0.1) is 44.2 Å². The lowest BCUT2D eigenvalue weighted by Crippen LogP contribution is -3.06. The number of hydrogen-bond acceptors (Lipinski definition) is 3. The molecule has 1 atom stereocenters. The van der Waals surface area contributed by atoms with Gasteiger partial charge in [-0.1, -0.05) is 41.4 Å². The number of amides is 1. The summed E-state index contributed by atoms with van der Waals surface area (Å²) in [5.74, 6) is -0.102. The first-order valence-corrected chi connectivity index (χ1v) is 9.67. The highest BCUT2D eigenvalue weighted by Gasteiger charge is 2.42. The van der Waals surface area contributed by atoms with E-state index >= 15 is 0 Å². The minimum Gasteiger partial charge on any atom is -0.450 e. The molecule has 0 spiro atoms. The molecule has 1 aliphatic heterocycles. The van der Waals surface area contributed by atoms with Gasteiger partial charge in [0.25, 0.3) is 5.91 Å². The molecule has 0 aliphatic carbocycles. The second-order valence-electron chi connectivity index (χ2n) is 7.58. The molecule has 6 heteroatoms. The summed E-state index contributed by atoms with van der Waals surface area (Å²) in [6.07, 6.45) is 0. The van der Waals surface area contributed by atoms with Crippen LogP contribution in [-0.4, -0.2) is 38.0 Å². The number of carbonyl (C=O) groups is 1. The van der Waals surface area contributed by atoms with E-state index in [9.17, 15) is 9.59 Å². The highest BCUT2D eigenvalue weighted by Crippen LogP contribution is 2.38. The first-order chi connectivity index (χ1) is 13.4. The van der Waals surface area contributed by atoms with E-state index in [2.05, 4.69) is 0 Å². The zero-order valence-electron chi connectivity index (χ0n) is 16.1. The molecule has 1 amide bonds. The van der Waals surface area contributed by atoms with Gasteiger partial charge < -0.3 is 14.2 Å². The summed E-state index contributed by atoms with van der Waals surface area (Å²) >= 11 is 6.09. The number of benzene rings is 2. The van der Waals surface area contributed by atoms with Crippen LogP contribution in [0.4, 0.5) is 0 Å². The van der Waals surface area contributed by atoms with Gasteiger partial charge in [0.15, 0.2) is 5.43 Å². The van der Waals surface area contributed by atoms with Crippen molar-refractivity contribution in [2.24, 2.45) is 0 Å². The van der Waals surface area contributed by atoms with E-state index in [1.54, 1.807) is 23.1 Å². The minimum absolute atomic E-state index is 0.138. The summed E-state index contributed by atoms with van der Waals surface area (Å²) in [5, 5.41) is 0.861. The monoisotopic (exact) mass is 397 g/mol. The Balaban J connectivity index is 1.94. The van der Waals surface area contributed by atoms with Gasteiger partial charge in [0.2, 0.25) is 5.76 Å². The lowest BCUT2D eigenvalue weighted by atomic mass is 9.98. The van der Waals surface area contributed by atoms with Crippen LogP contribution >= 0.6 is 11.6 Å². The molecule has 144 valence electrons. The number of halogens is 1. The van der Waals surface area contributed by atoms with Crippen LogP contribution in [0.2, 0.25) is 5.02 Å². The fourth-order valence-electron chi connectivity index (χ4n) is 3.66. The van der Waals surface area contributed by atoms with Crippen LogP contribution in [-0.2, 0) is 0 Å². The van der Waals surface area contributed by atoms with Gasteiger partial charge in [-0.3, -0.25) is 9.59 Å². The number of likely N-dealkylation sites (N-methyl/N-ethyl adjacent to an activating group) is 1. The van der Waals surface area contributed by atoms with Gasteiger partial charge in [-0.05, 0) is 30.7 Å². The van der Waals surface area contributed by atoms with Crippen LogP contribution in [0.15, 0.2) is 51.7 Å². The second-order valence-corrected chi connectivity index (χ2v) is 8.02. The quantitative estimate of drug-likeness (QED) is 0.735. The number of carbonyl (C=O) groups excluding carboxylic acids is 1. The number of quaternary nitrogens is 1. The minimum atomic E-state index is -0.456. The molecule has 5 nitrogen and oxygen atoms in total. The van der Waals surface area contributed by atoms with E-state index < -0.39 is 6.04 Å². The maximum Gasteiger partial charge on any atom is 0.291 e. The second kappa shape index (κ2) is 7.08. The van der Waals surface area contributed by atoms with Crippen LogP contribution in [0.3, 0.4) is 0 Å². The van der Waals surface area contributed by atoms with Gasteiger partial charge in [0, 0.05) is 5.02 Å². The number of aryl methyl sites for hydroxylation is 1. The molecule has 2 heterocycles. The Morgan fingerprint density at radius 1 is 1.11 bits per heavy atom. The number of hydrogen-bond donors (Lipinski definition) is 1. The molecule has 0 unspecified atom stereocenters. The molecule has 0 radical (unpaired) electrons. The molecule has 3 aromatic rings. The van der Waals surface area contributed by atoms with Crippen molar-refractivity contribution in [3.8, 4) is 0 Å². The van der Waals surface area contributed by atoms with Crippen molar-refractivity contribution < 1.29 is 14.1 Å². The van der Waals surface area contributed by atoms with E-state index in [1.165, 1.54) is 4.90 Å². The fraction of sp³-hybridized carbons (Fsp3) is 0.273. The van der Waals surface area contributed by atoms with Crippen molar-refractivity contribution in [2.45, 2.75) is 13.0 Å². The van der Waals surface area contributed by atoms with Gasteiger partial charge in [0.1, 0.15) is 5.58 Å². The van der Waals surface area contributed by atoms with Crippen LogP contribution in [0.5, 0.6) is 0 Å². The fourth-order valence-corrected chi connectivity index (χ4v) is 3.83. The van der Waals surface area contributed by atoms with Crippen molar-refractivity contribution >= 4 is 28.5 Å². The highest BCUT2D eigenvalue weighted by molar-refractivity contribution is 6.31. The molecule has 0 saturated carbocycles. The lowest BCUT2D eigenvalue weighted by Gasteiger charge is -2.25. The standard InChI is InChI=1S/C22H21ClN2O3/c1-13-4-6-14(7-5-13)19-18-20(26)16-12-15(23)8-9-17(16)28-21(18)22(27)25(19)11-10-24(2)3/h4-9,12,19H,10-11H2,1-3H3/p+1/t19-/m1/s1. The molecule has 1 N–H and O–H groups in total. The normalized spacial score (nSPS) is 16.2. The Kier molecular flexibility index (Phi) is 4.73. The van der Waals surface area contributed by atoms with Gasteiger partial charge >= 0.3 is 0 Å². The van der Waals surface area contributed by atoms with Crippen LogP contribution < -0.4 is 10.3 Å². The smallest absolute Gasteiger partial charge is 0.291 e. The molecule has 28 heavy (non-hydrogen) atoms. The van der Waals surface area contributed by atoms with Crippen LogP contribution in [0.1, 0.15) is 33.3 Å². The molecule has 1 aromatic heterocycles. The summed E-state index contributed by atoms with van der Waals surface area (Å²) in [6.45, 7) is 3.30. The zero-order valence-corrected chi connectivity index (χ0v) is 16.8. The summed E-state index contributed by atoms with van der Waals surface area (Å²) in [5.41, 5.74) is 2.61. The molecule has 0 saturated heterocycles. The van der Waals surface area contributed by atoms with Gasteiger partial charge in [-0.15, -0.1) is 0 Å². The average Bonchev–Trinajstić information content (AvgIpc) is 2.94. The zero-order chi connectivity index (χ0) is 20.0. The van der Waals surface area contributed by atoms with Crippen molar-refractivity contribution in [3.05, 3.63) is 80.2 Å². The topological polar surface area (TPSA) is 55.0 Å². The van der Waals surface area contributed by atoms with Crippen LogP contribution in [0.25, 0.3) is 11.0 Å². The molecule has 1 aliphatic rings. The number of rotatable bonds is 4. The largest absolute Gasteiger partial charge is 0.450 e. The number of nitrogens with one attached hydrogen (secondary N) is 1. The van der Waals surface area contributed by atoms with E-state index in [0.717, 1.165) is 17.7 Å². The SMILES string of the molecule is Cc1ccc([C@@H]2c3c(oc4ccc(Cl)cc4c3=O)C(=O)N2CC[NH+](C)C)cc1. The maximum atomic E-state index is 13.3. The van der Waals surface area contributed by atoms with E-state index in [1.807, 2.05) is 45.3 Å². The molecule has 0 bridgehead atoms. The Bertz CT molecular complexity index is 1120. The first-order valence-electron chi connectivity index (χ1n) is 9.29. The highest BCUT2D eigenvalue weighted by atomic mass is 35.5. The number of nitrogens with zero attached hydrogens (tertiary/aromatic N) is 1. The summed E-state index contributed by atoms with van der Waals surface area (Å²) < 4.78 is 5.91. The Hall–Kier alpha value is -2.63. The third-order valence-electron chi connectivity index (χ3n) is 5.17. The Morgan fingerprint density at radius 3 is 2.50 bits per heavy atom. The van der Waals surface area contributed by atoms with Crippen molar-refractivity contribution in [1.29, 1.82) is 0 Å². The summed E-state index contributed by atoms with van der Waals surface area (Å²) in [7, 11) is 4.07. The van der Waals surface area contributed by atoms with Crippen molar-refractivity contribution in [2.75, 3.05) is 27.2 Å².